The van der Waals surface area contributed by atoms with Crippen LogP contribution in [0, 0.1) is 0 Å². The molecule has 2 aromatic rings. The second-order valence-corrected chi connectivity index (χ2v) is 7.16. The number of amides is 1. The number of hydrogen-bond donors (Lipinski definition) is 0. The molecule has 0 radical (unpaired) electrons. The minimum atomic E-state index is -0.590. The second kappa shape index (κ2) is 8.45. The van der Waals surface area contributed by atoms with Crippen LogP contribution in [0.25, 0.3) is 6.08 Å². The van der Waals surface area contributed by atoms with Gasteiger partial charge in [0.1, 0.15) is 0 Å². The summed E-state index contributed by atoms with van der Waals surface area (Å²) in [6.45, 7) is 1.68. The molecule has 7 heteroatoms. The molecule has 148 valence electrons. The molecule has 1 amide bonds. The summed E-state index contributed by atoms with van der Waals surface area (Å²) in [5.74, 6) is -1.41. The van der Waals surface area contributed by atoms with Crippen molar-refractivity contribution in [2.45, 2.75) is 6.92 Å². The maximum absolute atomic E-state index is 13.2. The van der Waals surface area contributed by atoms with Crippen molar-refractivity contribution in [1.82, 2.24) is 0 Å². The Bertz CT molecular complexity index is 1040. The van der Waals surface area contributed by atoms with Crippen LogP contribution in [0.3, 0.4) is 0 Å². The monoisotopic (exact) mass is 455 g/mol. The van der Waals surface area contributed by atoms with Crippen molar-refractivity contribution in [2.24, 2.45) is 0 Å². The lowest BCUT2D eigenvalue weighted by Gasteiger charge is -2.18. The molecule has 0 aromatic heterocycles. The zero-order chi connectivity index (χ0) is 21.1. The second-order valence-electron chi connectivity index (χ2n) is 6.24. The molecule has 1 aliphatic rings. The Morgan fingerprint density at radius 2 is 1.52 bits per heavy atom. The van der Waals surface area contributed by atoms with E-state index in [-0.39, 0.29) is 17.1 Å². The molecule has 1 aliphatic heterocycles. The average Bonchev–Trinajstić information content (AvgIpc) is 2.98. The van der Waals surface area contributed by atoms with Crippen molar-refractivity contribution in [3.63, 3.8) is 0 Å². The molecule has 0 unspecified atom stereocenters. The maximum atomic E-state index is 13.2. The third-order valence-corrected chi connectivity index (χ3v) is 5.05. The van der Waals surface area contributed by atoms with Gasteiger partial charge in [-0.2, -0.15) is 0 Å². The van der Waals surface area contributed by atoms with Gasteiger partial charge in [-0.05, 0) is 55.0 Å². The Balaban J connectivity index is 2.06. The predicted molar refractivity (Wildman–Crippen MR) is 112 cm³/mol. The van der Waals surface area contributed by atoms with E-state index >= 15 is 0 Å². The lowest BCUT2D eigenvalue weighted by molar-refractivity contribution is -0.136. The highest BCUT2D eigenvalue weighted by atomic mass is 79.9. The van der Waals surface area contributed by atoms with Gasteiger partial charge in [0.15, 0.2) is 0 Å². The van der Waals surface area contributed by atoms with Gasteiger partial charge in [0.25, 0.3) is 5.91 Å². The third-order valence-electron chi connectivity index (χ3n) is 4.52. The first kappa shape index (κ1) is 20.5. The molecule has 0 spiro atoms. The summed E-state index contributed by atoms with van der Waals surface area (Å²) in [7, 11) is 2.58. The largest absolute Gasteiger partial charge is 0.465 e. The van der Waals surface area contributed by atoms with E-state index in [1.165, 1.54) is 19.1 Å². The van der Waals surface area contributed by atoms with Crippen molar-refractivity contribution in [3.8, 4) is 0 Å². The molecule has 1 heterocycles. The van der Waals surface area contributed by atoms with Gasteiger partial charge in [-0.25, -0.2) is 9.59 Å². The van der Waals surface area contributed by atoms with E-state index in [4.69, 9.17) is 9.47 Å². The highest BCUT2D eigenvalue weighted by Gasteiger charge is 2.37. The normalized spacial score (nSPS) is 15.1. The number of anilines is 1. The van der Waals surface area contributed by atoms with Gasteiger partial charge in [0.2, 0.25) is 0 Å². The van der Waals surface area contributed by atoms with Crippen molar-refractivity contribution in [2.75, 3.05) is 19.1 Å². The molecule has 0 saturated heterocycles. The number of allylic oxidation sites excluding steroid dienone is 1. The molecular formula is C22H18BrNO5. The minimum absolute atomic E-state index is 0.206. The van der Waals surface area contributed by atoms with Crippen molar-refractivity contribution < 1.29 is 23.9 Å². The first-order valence-corrected chi connectivity index (χ1v) is 9.46. The predicted octanol–water partition coefficient (Wildman–Crippen LogP) is 4.11. The first-order valence-electron chi connectivity index (χ1n) is 8.67. The van der Waals surface area contributed by atoms with Crippen LogP contribution in [0.5, 0.6) is 0 Å². The van der Waals surface area contributed by atoms with Gasteiger partial charge in [-0.3, -0.25) is 9.69 Å². The van der Waals surface area contributed by atoms with E-state index in [9.17, 15) is 14.4 Å². The fourth-order valence-corrected chi connectivity index (χ4v) is 3.35. The summed E-state index contributed by atoms with van der Waals surface area (Å²) in [5.41, 5.74) is 2.57. The number of rotatable bonds is 4. The Labute approximate surface area is 176 Å². The van der Waals surface area contributed by atoms with Crippen LogP contribution in [-0.4, -0.2) is 32.1 Å². The van der Waals surface area contributed by atoms with Gasteiger partial charge < -0.3 is 9.47 Å². The van der Waals surface area contributed by atoms with Gasteiger partial charge in [0, 0.05) is 15.9 Å². The van der Waals surface area contributed by atoms with E-state index in [0.29, 0.717) is 16.9 Å². The van der Waals surface area contributed by atoms with Crippen molar-refractivity contribution >= 4 is 45.5 Å². The van der Waals surface area contributed by atoms with E-state index < -0.39 is 11.9 Å². The van der Waals surface area contributed by atoms with E-state index in [0.717, 1.165) is 10.0 Å². The Hall–Kier alpha value is -3.19. The summed E-state index contributed by atoms with van der Waals surface area (Å²) < 4.78 is 10.5. The molecule has 2 aromatic carbocycles. The Kier molecular flexibility index (Phi) is 5.98. The zero-order valence-electron chi connectivity index (χ0n) is 16.1. The smallest absolute Gasteiger partial charge is 0.340 e. The number of nitrogens with zero attached hydrogens (tertiary/aromatic N) is 1. The number of carbonyl (C=O) groups excluding carboxylic acids is 3. The summed E-state index contributed by atoms with van der Waals surface area (Å²) in [6, 6.07) is 13.8. The van der Waals surface area contributed by atoms with E-state index in [2.05, 4.69) is 15.9 Å². The Morgan fingerprint density at radius 1 is 0.931 bits per heavy atom. The average molecular weight is 456 g/mol. The van der Waals surface area contributed by atoms with Crippen molar-refractivity contribution in [3.05, 3.63) is 81.0 Å². The number of halogens is 1. The van der Waals surface area contributed by atoms with Crippen LogP contribution >= 0.6 is 15.9 Å². The molecule has 29 heavy (non-hydrogen) atoms. The van der Waals surface area contributed by atoms with Crippen LogP contribution in [0.15, 0.2) is 69.8 Å². The molecule has 3 rings (SSSR count). The number of esters is 2. The fourth-order valence-electron chi connectivity index (χ4n) is 3.08. The fraction of sp³-hybridized carbons (Fsp3) is 0.136. The lowest BCUT2D eigenvalue weighted by atomic mass is 10.0. The summed E-state index contributed by atoms with van der Waals surface area (Å²) >= 11 is 3.37. The number of ether oxygens (including phenoxy) is 2. The zero-order valence-corrected chi connectivity index (χ0v) is 17.6. The topological polar surface area (TPSA) is 72.9 Å². The molecule has 6 nitrogen and oxygen atoms in total. The first-order chi connectivity index (χ1) is 13.9. The van der Waals surface area contributed by atoms with E-state index in [1.807, 2.05) is 24.3 Å². The van der Waals surface area contributed by atoms with Crippen LogP contribution in [0.1, 0.15) is 22.8 Å². The number of benzene rings is 2. The number of hydrogen-bond acceptors (Lipinski definition) is 5. The highest BCUT2D eigenvalue weighted by molar-refractivity contribution is 9.10. The molecule has 0 atom stereocenters. The van der Waals surface area contributed by atoms with Crippen LogP contribution in [-0.2, 0) is 19.1 Å². The minimum Gasteiger partial charge on any atom is -0.465 e. The van der Waals surface area contributed by atoms with Crippen LogP contribution in [0.2, 0.25) is 0 Å². The SMILES string of the molecule is COC(=O)C1=C(C)N(c2ccc(C(=O)OC)cc2)C(=O)C1=Cc1ccc(Br)cc1. The van der Waals surface area contributed by atoms with Crippen LogP contribution < -0.4 is 4.90 Å². The molecule has 0 aliphatic carbocycles. The van der Waals surface area contributed by atoms with Gasteiger partial charge >= 0.3 is 11.9 Å². The summed E-state index contributed by atoms with van der Waals surface area (Å²) in [5, 5.41) is 0. The lowest BCUT2D eigenvalue weighted by Crippen LogP contribution is -2.24. The van der Waals surface area contributed by atoms with Crippen LogP contribution in [0.4, 0.5) is 5.69 Å². The van der Waals surface area contributed by atoms with Gasteiger partial charge in [-0.1, -0.05) is 28.1 Å². The van der Waals surface area contributed by atoms with Crippen molar-refractivity contribution in [1.29, 1.82) is 0 Å². The van der Waals surface area contributed by atoms with E-state index in [1.54, 1.807) is 37.3 Å². The van der Waals surface area contributed by atoms with Gasteiger partial charge in [-0.15, -0.1) is 0 Å². The highest BCUT2D eigenvalue weighted by Crippen LogP contribution is 2.35. The third kappa shape index (κ3) is 4.00. The summed E-state index contributed by atoms with van der Waals surface area (Å²) in [4.78, 5) is 38.7. The number of methoxy groups -OCH3 is 2. The molecule has 0 bridgehead atoms. The maximum Gasteiger partial charge on any atom is 0.340 e. The summed E-state index contributed by atoms with van der Waals surface area (Å²) in [6.07, 6.45) is 1.66. The standard InChI is InChI=1S/C22H18BrNO5/c1-13-19(22(27)29-3)18(12-14-4-8-16(23)9-5-14)20(25)24(13)17-10-6-15(7-11-17)21(26)28-2/h4-12H,1-3H3. The molecular weight excluding hydrogens is 438 g/mol. The molecule has 0 N–H and O–H groups in total. The Morgan fingerprint density at radius 3 is 2.07 bits per heavy atom. The number of carbonyl (C=O) groups is 3. The van der Waals surface area contributed by atoms with Gasteiger partial charge in [0.05, 0.1) is 30.9 Å². The molecule has 0 fully saturated rings. The quantitative estimate of drug-likeness (QED) is 0.512. The molecule has 0 saturated carbocycles.